The summed E-state index contributed by atoms with van der Waals surface area (Å²) in [6.07, 6.45) is 4.72. The summed E-state index contributed by atoms with van der Waals surface area (Å²) in [4.78, 5) is 7.37. The maximum atomic E-state index is 4.79. The lowest BCUT2D eigenvalue weighted by atomic mass is 9.78. The summed E-state index contributed by atoms with van der Waals surface area (Å²) >= 11 is 0. The Morgan fingerprint density at radius 1 is 0.870 bits per heavy atom. The molecule has 2 aromatic carbocycles. The summed E-state index contributed by atoms with van der Waals surface area (Å²) in [5, 5.41) is 2.56. The van der Waals surface area contributed by atoms with Crippen molar-refractivity contribution in [2.75, 3.05) is 19.6 Å². The maximum absolute atomic E-state index is 4.79. The first-order chi connectivity index (χ1) is 11.3. The van der Waals surface area contributed by atoms with Gasteiger partial charge < -0.3 is 4.90 Å². The summed E-state index contributed by atoms with van der Waals surface area (Å²) in [6, 6.07) is 19.6. The van der Waals surface area contributed by atoms with Gasteiger partial charge in [-0.3, -0.25) is 4.98 Å². The Labute approximate surface area is 136 Å². The van der Waals surface area contributed by atoms with E-state index in [1.165, 1.54) is 54.4 Å². The molecule has 2 saturated heterocycles. The van der Waals surface area contributed by atoms with Crippen LogP contribution in [0.1, 0.15) is 18.4 Å². The molecule has 2 fully saturated rings. The number of nitrogens with zero attached hydrogens (tertiary/aromatic N) is 2. The molecule has 2 bridgehead atoms. The molecule has 0 unspecified atom stereocenters. The van der Waals surface area contributed by atoms with E-state index in [4.69, 9.17) is 4.98 Å². The third kappa shape index (κ3) is 2.09. The van der Waals surface area contributed by atoms with Crippen LogP contribution in [0.5, 0.6) is 0 Å². The monoisotopic (exact) mass is 300 g/mol. The fourth-order valence-electron chi connectivity index (χ4n) is 4.33. The molecule has 0 N–H and O–H groups in total. The van der Waals surface area contributed by atoms with Crippen LogP contribution in [0.2, 0.25) is 0 Å². The highest BCUT2D eigenvalue weighted by molar-refractivity contribution is 5.86. The zero-order valence-electron chi connectivity index (χ0n) is 13.2. The van der Waals surface area contributed by atoms with Crippen molar-refractivity contribution in [1.82, 2.24) is 9.88 Å². The van der Waals surface area contributed by atoms with Gasteiger partial charge in [0.25, 0.3) is 0 Å². The van der Waals surface area contributed by atoms with Gasteiger partial charge in [0.2, 0.25) is 0 Å². The van der Waals surface area contributed by atoms with Gasteiger partial charge in [-0.15, -0.1) is 0 Å². The molecular formula is C21H20N2. The van der Waals surface area contributed by atoms with Gasteiger partial charge in [-0.1, -0.05) is 42.5 Å². The van der Waals surface area contributed by atoms with E-state index in [-0.39, 0.29) is 0 Å². The fraction of sp³-hybridized carbons (Fsp3) is 0.286. The molecule has 0 radical (unpaired) electrons. The number of aromatic nitrogens is 1. The van der Waals surface area contributed by atoms with Crippen LogP contribution in [-0.2, 0) is 5.41 Å². The summed E-state index contributed by atoms with van der Waals surface area (Å²) in [5.74, 6) is 0. The molecule has 0 atom stereocenters. The molecule has 0 aliphatic carbocycles. The Balaban J connectivity index is 1.51. The maximum Gasteiger partial charge on any atom is 0.0702 e. The van der Waals surface area contributed by atoms with Crippen LogP contribution in [0.25, 0.3) is 22.0 Å². The van der Waals surface area contributed by atoms with Gasteiger partial charge in [-0.25, -0.2) is 0 Å². The summed E-state index contributed by atoms with van der Waals surface area (Å²) in [5.41, 5.74) is 4.09. The number of hydrogen-bond acceptors (Lipinski definition) is 2. The molecule has 2 aliphatic heterocycles. The minimum absolute atomic E-state index is 0.384. The second-order valence-electron chi connectivity index (χ2n) is 7.05. The van der Waals surface area contributed by atoms with Crippen molar-refractivity contribution in [3.63, 3.8) is 0 Å². The summed E-state index contributed by atoms with van der Waals surface area (Å²) < 4.78 is 0. The van der Waals surface area contributed by atoms with E-state index < -0.39 is 0 Å². The van der Waals surface area contributed by atoms with Crippen LogP contribution in [-0.4, -0.2) is 29.5 Å². The summed E-state index contributed by atoms with van der Waals surface area (Å²) in [6.45, 7) is 3.74. The number of rotatable bonds is 2. The molecule has 23 heavy (non-hydrogen) atoms. The van der Waals surface area contributed by atoms with Crippen molar-refractivity contribution >= 4 is 10.8 Å². The summed E-state index contributed by atoms with van der Waals surface area (Å²) in [7, 11) is 0. The fourth-order valence-corrected chi connectivity index (χ4v) is 4.33. The lowest BCUT2D eigenvalue weighted by Crippen LogP contribution is -2.24. The van der Waals surface area contributed by atoms with Crippen molar-refractivity contribution in [2.45, 2.75) is 18.3 Å². The molecule has 0 saturated carbocycles. The SMILES string of the molecule is c1ccc2cc(-c3ccc(C45CCN(CC4)C5)cn3)ccc2c1. The van der Waals surface area contributed by atoms with Gasteiger partial charge in [0, 0.05) is 23.7 Å². The van der Waals surface area contributed by atoms with Gasteiger partial charge in [0.05, 0.1) is 5.69 Å². The van der Waals surface area contributed by atoms with Crippen LogP contribution in [0.4, 0.5) is 0 Å². The number of piperidine rings is 1. The van der Waals surface area contributed by atoms with Crippen LogP contribution in [0.3, 0.4) is 0 Å². The van der Waals surface area contributed by atoms with Gasteiger partial charge in [-0.2, -0.15) is 0 Å². The first-order valence-corrected chi connectivity index (χ1v) is 8.51. The van der Waals surface area contributed by atoms with E-state index in [1.807, 2.05) is 0 Å². The normalized spacial score (nSPS) is 26.0. The van der Waals surface area contributed by atoms with E-state index in [0.717, 1.165) is 5.69 Å². The van der Waals surface area contributed by atoms with E-state index in [0.29, 0.717) is 5.41 Å². The van der Waals surface area contributed by atoms with E-state index >= 15 is 0 Å². The molecule has 0 spiro atoms. The molecule has 1 aromatic heterocycles. The molecule has 3 heterocycles. The third-order valence-electron chi connectivity index (χ3n) is 5.76. The Morgan fingerprint density at radius 2 is 1.70 bits per heavy atom. The number of hydrogen-bond donors (Lipinski definition) is 0. The van der Waals surface area contributed by atoms with Crippen LogP contribution < -0.4 is 0 Å². The van der Waals surface area contributed by atoms with Crippen molar-refractivity contribution in [1.29, 1.82) is 0 Å². The Morgan fingerprint density at radius 3 is 2.39 bits per heavy atom. The predicted molar refractivity (Wildman–Crippen MR) is 94.5 cm³/mol. The highest BCUT2D eigenvalue weighted by Gasteiger charge is 2.44. The minimum atomic E-state index is 0.384. The van der Waals surface area contributed by atoms with Crippen LogP contribution in [0, 0.1) is 0 Å². The van der Waals surface area contributed by atoms with Crippen molar-refractivity contribution in [2.24, 2.45) is 0 Å². The lowest BCUT2D eigenvalue weighted by Gasteiger charge is -2.25. The average Bonchev–Trinajstić information content (AvgIpc) is 3.24. The molecule has 114 valence electrons. The second kappa shape index (κ2) is 4.90. The van der Waals surface area contributed by atoms with Crippen molar-refractivity contribution in [3.05, 3.63) is 66.4 Å². The lowest BCUT2D eigenvalue weighted by molar-refractivity contribution is 0.364. The smallest absolute Gasteiger partial charge is 0.0702 e. The first-order valence-electron chi connectivity index (χ1n) is 8.51. The number of pyridine rings is 1. The molecule has 5 rings (SSSR count). The largest absolute Gasteiger partial charge is 0.302 e. The van der Waals surface area contributed by atoms with Crippen molar-refractivity contribution in [3.8, 4) is 11.3 Å². The zero-order valence-corrected chi connectivity index (χ0v) is 13.2. The molecule has 2 aliphatic rings. The Bertz CT molecular complexity index is 858. The van der Waals surface area contributed by atoms with E-state index in [2.05, 4.69) is 65.7 Å². The zero-order chi connectivity index (χ0) is 15.3. The highest BCUT2D eigenvalue weighted by Crippen LogP contribution is 2.43. The second-order valence-corrected chi connectivity index (χ2v) is 7.05. The minimum Gasteiger partial charge on any atom is -0.302 e. The van der Waals surface area contributed by atoms with Gasteiger partial charge >= 0.3 is 0 Å². The predicted octanol–water partition coefficient (Wildman–Crippen LogP) is 4.25. The quantitative estimate of drug-likeness (QED) is 0.703. The first kappa shape index (κ1) is 13.3. The number of fused-ring (bicyclic) bond motifs is 3. The highest BCUT2D eigenvalue weighted by atomic mass is 15.2. The van der Waals surface area contributed by atoms with Gasteiger partial charge in [0.15, 0.2) is 0 Å². The van der Waals surface area contributed by atoms with Crippen LogP contribution in [0.15, 0.2) is 60.8 Å². The molecular weight excluding hydrogens is 280 g/mol. The molecule has 2 nitrogen and oxygen atoms in total. The average molecular weight is 300 g/mol. The molecule has 3 aromatic rings. The molecule has 0 amide bonds. The van der Waals surface area contributed by atoms with E-state index in [1.54, 1.807) is 0 Å². The van der Waals surface area contributed by atoms with E-state index in [9.17, 15) is 0 Å². The standard InChI is InChI=1S/C21H20N2/c1-2-4-17-13-18(6-5-16(17)3-1)20-8-7-19(14-22-20)21-9-11-23(15-21)12-10-21/h1-8,13-14H,9-12,15H2. The van der Waals surface area contributed by atoms with Gasteiger partial charge in [-0.05, 0) is 54.4 Å². The topological polar surface area (TPSA) is 16.1 Å². The molecule has 2 heteroatoms. The Hall–Kier alpha value is -2.19. The number of benzene rings is 2. The van der Waals surface area contributed by atoms with Crippen LogP contribution >= 0.6 is 0 Å². The van der Waals surface area contributed by atoms with Gasteiger partial charge in [0.1, 0.15) is 0 Å². The third-order valence-corrected chi connectivity index (χ3v) is 5.76. The van der Waals surface area contributed by atoms with Crippen molar-refractivity contribution < 1.29 is 0 Å². The Kier molecular flexibility index (Phi) is 2.83.